The molecule has 0 spiro atoms. The molecule has 1 heterocycles. The maximum atomic E-state index is 11.3. The molecule has 0 aliphatic carbocycles. The van der Waals surface area contributed by atoms with E-state index in [-0.39, 0.29) is 6.42 Å². The number of ether oxygens (including phenoxy) is 1. The highest BCUT2D eigenvalue weighted by Gasteiger charge is 2.16. The summed E-state index contributed by atoms with van der Waals surface area (Å²) in [6, 6.07) is 13.5. The maximum absolute atomic E-state index is 11.3. The van der Waals surface area contributed by atoms with Gasteiger partial charge < -0.3 is 14.8 Å². The van der Waals surface area contributed by atoms with E-state index >= 15 is 0 Å². The Balaban J connectivity index is 2.19. The number of aromatic amines is 1. The third kappa shape index (κ3) is 3.24. The van der Waals surface area contributed by atoms with Crippen LogP contribution in [0.3, 0.4) is 0 Å². The predicted molar refractivity (Wildman–Crippen MR) is 93.9 cm³/mol. The van der Waals surface area contributed by atoms with Crippen LogP contribution in [-0.2, 0) is 11.2 Å². The highest BCUT2D eigenvalue weighted by molar-refractivity contribution is 9.10. The molecule has 0 radical (unpaired) electrons. The average molecular weight is 374 g/mol. The molecule has 3 aromatic rings. The molecule has 23 heavy (non-hydrogen) atoms. The average Bonchev–Trinajstić information content (AvgIpc) is 2.86. The molecule has 4 nitrogen and oxygen atoms in total. The van der Waals surface area contributed by atoms with E-state index < -0.39 is 5.97 Å². The number of carboxylic acids is 1. The molecule has 5 heteroatoms. The second-order valence-corrected chi connectivity index (χ2v) is 6.11. The van der Waals surface area contributed by atoms with Crippen molar-refractivity contribution in [1.82, 2.24) is 4.98 Å². The minimum Gasteiger partial charge on any atom is -0.494 e. The molecule has 1 aromatic heterocycles. The fourth-order valence-electron chi connectivity index (χ4n) is 2.68. The number of aliphatic carboxylic acids is 1. The lowest BCUT2D eigenvalue weighted by atomic mass is 10.0. The molecular weight excluding hydrogens is 358 g/mol. The third-order valence-electron chi connectivity index (χ3n) is 3.65. The Hall–Kier alpha value is -2.27. The molecule has 0 aliphatic heterocycles. The van der Waals surface area contributed by atoms with Gasteiger partial charge in [-0.15, -0.1) is 0 Å². The summed E-state index contributed by atoms with van der Waals surface area (Å²) in [5.41, 5.74) is 3.47. The van der Waals surface area contributed by atoms with Crippen molar-refractivity contribution in [3.63, 3.8) is 0 Å². The summed E-state index contributed by atoms with van der Waals surface area (Å²) < 4.78 is 6.52. The van der Waals surface area contributed by atoms with Crippen LogP contribution in [0.1, 0.15) is 12.5 Å². The normalized spacial score (nSPS) is 10.9. The quantitative estimate of drug-likeness (QED) is 0.685. The van der Waals surface area contributed by atoms with Gasteiger partial charge in [0.2, 0.25) is 0 Å². The molecule has 2 N–H and O–H groups in total. The SMILES string of the molecule is CCOc1ccc2[nH]c(-c3ccc(Br)cc3)c(CC(=O)O)c2c1. The summed E-state index contributed by atoms with van der Waals surface area (Å²) in [6.45, 7) is 2.50. The van der Waals surface area contributed by atoms with Gasteiger partial charge in [0.15, 0.2) is 0 Å². The third-order valence-corrected chi connectivity index (χ3v) is 4.18. The highest BCUT2D eigenvalue weighted by atomic mass is 79.9. The van der Waals surface area contributed by atoms with Gasteiger partial charge in [-0.05, 0) is 48.4 Å². The van der Waals surface area contributed by atoms with Crippen molar-refractivity contribution in [1.29, 1.82) is 0 Å². The van der Waals surface area contributed by atoms with Gasteiger partial charge in [-0.1, -0.05) is 28.1 Å². The van der Waals surface area contributed by atoms with Gasteiger partial charge in [-0.25, -0.2) is 0 Å². The van der Waals surface area contributed by atoms with Gasteiger partial charge in [0.25, 0.3) is 0 Å². The number of aromatic nitrogens is 1. The molecule has 0 atom stereocenters. The van der Waals surface area contributed by atoms with Gasteiger partial charge in [0, 0.05) is 15.4 Å². The van der Waals surface area contributed by atoms with Crippen LogP contribution >= 0.6 is 15.9 Å². The summed E-state index contributed by atoms with van der Waals surface area (Å²) in [6.07, 6.45) is -0.0407. The zero-order chi connectivity index (χ0) is 16.4. The van der Waals surface area contributed by atoms with E-state index in [9.17, 15) is 9.90 Å². The Kier molecular flexibility index (Phi) is 4.39. The number of nitrogens with one attached hydrogen (secondary N) is 1. The van der Waals surface area contributed by atoms with Gasteiger partial charge >= 0.3 is 5.97 Å². The van der Waals surface area contributed by atoms with Gasteiger partial charge in [0.05, 0.1) is 18.7 Å². The summed E-state index contributed by atoms with van der Waals surface area (Å²) in [5, 5.41) is 10.2. The monoisotopic (exact) mass is 373 g/mol. The first kappa shape index (κ1) is 15.6. The van der Waals surface area contributed by atoms with Crippen LogP contribution in [0.5, 0.6) is 5.75 Å². The highest BCUT2D eigenvalue weighted by Crippen LogP contribution is 2.33. The number of carbonyl (C=O) groups is 1. The molecule has 3 rings (SSSR count). The van der Waals surface area contributed by atoms with Crippen molar-refractivity contribution in [2.45, 2.75) is 13.3 Å². The summed E-state index contributed by atoms with van der Waals surface area (Å²) in [7, 11) is 0. The molecule has 0 aliphatic rings. The van der Waals surface area contributed by atoms with Crippen LogP contribution in [0, 0.1) is 0 Å². The second kappa shape index (κ2) is 6.46. The van der Waals surface area contributed by atoms with Crippen LogP contribution < -0.4 is 4.74 Å². The van der Waals surface area contributed by atoms with Crippen LogP contribution in [0.4, 0.5) is 0 Å². The number of hydrogen-bond donors (Lipinski definition) is 2. The summed E-state index contributed by atoms with van der Waals surface area (Å²) >= 11 is 3.42. The number of hydrogen-bond acceptors (Lipinski definition) is 2. The van der Waals surface area contributed by atoms with E-state index in [4.69, 9.17) is 4.74 Å². The minimum atomic E-state index is -0.855. The zero-order valence-corrected chi connectivity index (χ0v) is 14.2. The number of H-pyrrole nitrogens is 1. The molecule has 0 saturated heterocycles. The van der Waals surface area contributed by atoms with E-state index in [0.717, 1.165) is 37.9 Å². The Morgan fingerprint density at radius 2 is 1.96 bits per heavy atom. The first-order chi connectivity index (χ1) is 11.1. The summed E-state index contributed by atoms with van der Waals surface area (Å²) in [4.78, 5) is 14.6. The van der Waals surface area contributed by atoms with Crippen LogP contribution in [0.15, 0.2) is 46.9 Å². The lowest BCUT2D eigenvalue weighted by molar-refractivity contribution is -0.136. The molecule has 118 valence electrons. The maximum Gasteiger partial charge on any atom is 0.307 e. The van der Waals surface area contributed by atoms with Crippen LogP contribution in [0.2, 0.25) is 0 Å². The number of carboxylic acid groups (broad SMARTS) is 1. The molecule has 0 unspecified atom stereocenters. The van der Waals surface area contributed by atoms with Crippen molar-refractivity contribution in [3.8, 4) is 17.0 Å². The summed E-state index contributed by atoms with van der Waals surface area (Å²) in [5.74, 6) is -0.112. The van der Waals surface area contributed by atoms with Gasteiger partial charge in [-0.2, -0.15) is 0 Å². The van der Waals surface area contributed by atoms with Gasteiger partial charge in [0.1, 0.15) is 5.75 Å². The first-order valence-corrected chi connectivity index (χ1v) is 8.13. The number of halogens is 1. The fourth-order valence-corrected chi connectivity index (χ4v) is 2.95. The van der Waals surface area contributed by atoms with Crippen molar-refractivity contribution in [2.75, 3.05) is 6.61 Å². The van der Waals surface area contributed by atoms with Crippen molar-refractivity contribution in [2.24, 2.45) is 0 Å². The number of rotatable bonds is 5. The van der Waals surface area contributed by atoms with E-state index in [1.165, 1.54) is 0 Å². The van der Waals surface area contributed by atoms with Crippen LogP contribution in [0.25, 0.3) is 22.2 Å². The largest absolute Gasteiger partial charge is 0.494 e. The van der Waals surface area contributed by atoms with Crippen molar-refractivity contribution in [3.05, 3.63) is 52.5 Å². The van der Waals surface area contributed by atoms with Crippen molar-refractivity contribution < 1.29 is 14.6 Å². The Labute approximate surface area is 142 Å². The Morgan fingerprint density at radius 1 is 1.22 bits per heavy atom. The predicted octanol–water partition coefficient (Wildman–Crippen LogP) is 4.62. The van der Waals surface area contributed by atoms with Gasteiger partial charge in [-0.3, -0.25) is 4.79 Å². The molecular formula is C18H16BrNO3. The number of benzene rings is 2. The standard InChI is InChI=1S/C18H16BrNO3/c1-2-23-13-7-8-16-14(9-13)15(10-17(21)22)18(20-16)11-3-5-12(19)6-4-11/h3-9,20H,2,10H2,1H3,(H,21,22). The van der Waals surface area contributed by atoms with E-state index in [1.54, 1.807) is 0 Å². The molecule has 0 bridgehead atoms. The lowest BCUT2D eigenvalue weighted by Crippen LogP contribution is -2.01. The second-order valence-electron chi connectivity index (χ2n) is 5.20. The molecule has 2 aromatic carbocycles. The molecule has 0 amide bonds. The fraction of sp³-hybridized carbons (Fsp3) is 0.167. The first-order valence-electron chi connectivity index (χ1n) is 7.33. The topological polar surface area (TPSA) is 62.3 Å². The zero-order valence-electron chi connectivity index (χ0n) is 12.6. The smallest absolute Gasteiger partial charge is 0.307 e. The Morgan fingerprint density at radius 3 is 2.61 bits per heavy atom. The minimum absolute atomic E-state index is 0.0407. The number of fused-ring (bicyclic) bond motifs is 1. The van der Waals surface area contributed by atoms with Crippen LogP contribution in [-0.4, -0.2) is 22.7 Å². The van der Waals surface area contributed by atoms with E-state index in [1.807, 2.05) is 49.4 Å². The molecule has 0 fully saturated rings. The van der Waals surface area contributed by atoms with E-state index in [0.29, 0.717) is 6.61 Å². The molecule has 0 saturated carbocycles. The van der Waals surface area contributed by atoms with E-state index in [2.05, 4.69) is 20.9 Å². The Bertz CT molecular complexity index is 853. The lowest BCUT2D eigenvalue weighted by Gasteiger charge is -2.05. The van der Waals surface area contributed by atoms with Crippen molar-refractivity contribution >= 4 is 32.8 Å².